The Morgan fingerprint density at radius 2 is 2.13 bits per heavy atom. The van der Waals surface area contributed by atoms with Gasteiger partial charge in [0.2, 0.25) is 0 Å². The summed E-state index contributed by atoms with van der Waals surface area (Å²) in [6.45, 7) is 2.22. The molecule has 0 aliphatic rings. The second-order valence-electron chi connectivity index (χ2n) is 4.02. The number of hydrogen-bond acceptors (Lipinski definition) is 1. The second-order valence-corrected chi connectivity index (χ2v) is 4.02. The lowest BCUT2D eigenvalue weighted by molar-refractivity contribution is 0.786. The summed E-state index contributed by atoms with van der Waals surface area (Å²) in [4.78, 5) is 4.67. The average molecular weight is 198 g/mol. The SMILES string of the molecule is CCCCc1nc2ccc3cccc1n32. The Balaban J connectivity index is 2.22. The second kappa shape index (κ2) is 3.23. The lowest BCUT2D eigenvalue weighted by atomic mass is 10.2. The third-order valence-corrected chi connectivity index (χ3v) is 2.96. The zero-order valence-corrected chi connectivity index (χ0v) is 8.90. The summed E-state index contributed by atoms with van der Waals surface area (Å²) in [5.74, 6) is 0. The number of pyridine rings is 1. The number of imidazole rings is 1. The first-order valence-corrected chi connectivity index (χ1v) is 5.58. The molecule has 3 aromatic heterocycles. The highest BCUT2D eigenvalue weighted by atomic mass is 15.0. The predicted molar refractivity (Wildman–Crippen MR) is 62.5 cm³/mol. The van der Waals surface area contributed by atoms with Crippen molar-refractivity contribution in [3.63, 3.8) is 0 Å². The van der Waals surface area contributed by atoms with Gasteiger partial charge in [-0.15, -0.1) is 0 Å². The Labute approximate surface area is 88.9 Å². The molecule has 0 atom stereocenters. The van der Waals surface area contributed by atoms with E-state index in [2.05, 4.69) is 46.6 Å². The number of aryl methyl sites for hydroxylation is 1. The summed E-state index contributed by atoms with van der Waals surface area (Å²) in [6, 6.07) is 10.6. The number of rotatable bonds is 3. The number of aromatic nitrogens is 2. The number of nitrogens with zero attached hydrogens (tertiary/aromatic N) is 2. The lowest BCUT2D eigenvalue weighted by Gasteiger charge is -1.97. The Morgan fingerprint density at radius 3 is 3.00 bits per heavy atom. The van der Waals surface area contributed by atoms with Crippen LogP contribution in [0.1, 0.15) is 25.5 Å². The molecular formula is C13H14N2. The van der Waals surface area contributed by atoms with Crippen LogP contribution in [0.2, 0.25) is 0 Å². The summed E-state index contributed by atoms with van der Waals surface area (Å²) in [6.07, 6.45) is 3.54. The first-order valence-electron chi connectivity index (χ1n) is 5.58. The van der Waals surface area contributed by atoms with Crippen molar-refractivity contribution >= 4 is 16.7 Å². The van der Waals surface area contributed by atoms with Gasteiger partial charge in [-0.1, -0.05) is 19.4 Å². The van der Waals surface area contributed by atoms with E-state index in [0.717, 1.165) is 12.1 Å². The highest BCUT2D eigenvalue weighted by Crippen LogP contribution is 2.21. The molecule has 3 heterocycles. The summed E-state index contributed by atoms with van der Waals surface area (Å²) in [5, 5.41) is 0. The van der Waals surface area contributed by atoms with E-state index in [4.69, 9.17) is 0 Å². The maximum Gasteiger partial charge on any atom is 0.138 e. The van der Waals surface area contributed by atoms with E-state index >= 15 is 0 Å². The Morgan fingerprint density at radius 1 is 1.20 bits per heavy atom. The highest BCUT2D eigenvalue weighted by molar-refractivity contribution is 5.72. The molecule has 3 rings (SSSR count). The van der Waals surface area contributed by atoms with Crippen LogP contribution in [0.4, 0.5) is 0 Å². The van der Waals surface area contributed by atoms with Crippen molar-refractivity contribution in [1.82, 2.24) is 9.38 Å². The summed E-state index contributed by atoms with van der Waals surface area (Å²) >= 11 is 0. The molecule has 0 N–H and O–H groups in total. The fourth-order valence-electron chi connectivity index (χ4n) is 2.18. The zero-order chi connectivity index (χ0) is 10.3. The van der Waals surface area contributed by atoms with Crippen molar-refractivity contribution in [2.75, 3.05) is 0 Å². The minimum atomic E-state index is 1.09. The first-order chi connectivity index (χ1) is 7.40. The van der Waals surface area contributed by atoms with Gasteiger partial charge < -0.3 is 0 Å². The third-order valence-electron chi connectivity index (χ3n) is 2.96. The molecular weight excluding hydrogens is 184 g/mol. The van der Waals surface area contributed by atoms with E-state index in [1.807, 2.05) is 0 Å². The number of unbranched alkanes of at least 4 members (excludes halogenated alkanes) is 1. The molecule has 0 saturated heterocycles. The van der Waals surface area contributed by atoms with Crippen LogP contribution in [0, 0.1) is 0 Å². The molecule has 0 radical (unpaired) electrons. The molecule has 0 spiro atoms. The molecule has 0 saturated carbocycles. The van der Waals surface area contributed by atoms with E-state index in [1.165, 1.54) is 29.6 Å². The van der Waals surface area contributed by atoms with Gasteiger partial charge in [0.25, 0.3) is 0 Å². The topological polar surface area (TPSA) is 17.3 Å². The van der Waals surface area contributed by atoms with Crippen LogP contribution < -0.4 is 0 Å². The van der Waals surface area contributed by atoms with Crippen LogP contribution in [0.5, 0.6) is 0 Å². The number of hydrogen-bond donors (Lipinski definition) is 0. The van der Waals surface area contributed by atoms with Crippen LogP contribution in [0.15, 0.2) is 30.3 Å². The van der Waals surface area contributed by atoms with Crippen LogP contribution in [0.3, 0.4) is 0 Å². The van der Waals surface area contributed by atoms with Crippen molar-refractivity contribution in [3.8, 4) is 0 Å². The minimum absolute atomic E-state index is 1.09. The molecule has 0 unspecified atom stereocenters. The fourth-order valence-corrected chi connectivity index (χ4v) is 2.18. The van der Waals surface area contributed by atoms with E-state index in [9.17, 15) is 0 Å². The van der Waals surface area contributed by atoms with E-state index < -0.39 is 0 Å². The van der Waals surface area contributed by atoms with Gasteiger partial charge >= 0.3 is 0 Å². The Hall–Kier alpha value is -1.57. The summed E-state index contributed by atoms with van der Waals surface area (Å²) < 4.78 is 2.24. The molecule has 0 aliphatic heterocycles. The van der Waals surface area contributed by atoms with Crippen molar-refractivity contribution in [2.45, 2.75) is 26.2 Å². The van der Waals surface area contributed by atoms with Crippen molar-refractivity contribution in [3.05, 3.63) is 36.0 Å². The average Bonchev–Trinajstić information content (AvgIpc) is 2.82. The predicted octanol–water partition coefficient (Wildman–Crippen LogP) is 3.27. The molecule has 0 bridgehead atoms. The van der Waals surface area contributed by atoms with Gasteiger partial charge in [0.15, 0.2) is 0 Å². The quantitative estimate of drug-likeness (QED) is 0.631. The normalized spacial score (nSPS) is 11.8. The standard InChI is InChI=1S/C13H14N2/c1-2-3-6-11-12-7-4-5-10-8-9-13(14-11)15(10)12/h4-5,7-9H,2-3,6H2,1H3. The smallest absolute Gasteiger partial charge is 0.138 e. The van der Waals surface area contributed by atoms with Crippen LogP contribution in [-0.4, -0.2) is 9.38 Å². The lowest BCUT2D eigenvalue weighted by Crippen LogP contribution is -1.87. The van der Waals surface area contributed by atoms with Gasteiger partial charge in [-0.3, -0.25) is 4.40 Å². The molecule has 0 fully saturated rings. The molecule has 2 nitrogen and oxygen atoms in total. The minimum Gasteiger partial charge on any atom is -0.293 e. The van der Waals surface area contributed by atoms with Crippen molar-refractivity contribution in [1.29, 1.82) is 0 Å². The van der Waals surface area contributed by atoms with Crippen LogP contribution in [-0.2, 0) is 6.42 Å². The van der Waals surface area contributed by atoms with Gasteiger partial charge in [-0.2, -0.15) is 0 Å². The highest BCUT2D eigenvalue weighted by Gasteiger charge is 2.09. The van der Waals surface area contributed by atoms with Gasteiger partial charge in [0.05, 0.1) is 11.2 Å². The summed E-state index contributed by atoms with van der Waals surface area (Å²) in [7, 11) is 0. The van der Waals surface area contributed by atoms with Gasteiger partial charge in [-0.05, 0) is 37.1 Å². The maximum atomic E-state index is 4.67. The fraction of sp³-hybridized carbons (Fsp3) is 0.308. The molecule has 2 heteroatoms. The maximum absolute atomic E-state index is 4.67. The van der Waals surface area contributed by atoms with Crippen LogP contribution in [0.25, 0.3) is 16.7 Å². The van der Waals surface area contributed by atoms with Crippen molar-refractivity contribution < 1.29 is 0 Å². The van der Waals surface area contributed by atoms with Crippen molar-refractivity contribution in [2.24, 2.45) is 0 Å². The monoisotopic (exact) mass is 198 g/mol. The third kappa shape index (κ3) is 1.21. The van der Waals surface area contributed by atoms with Gasteiger partial charge in [-0.25, -0.2) is 4.98 Å². The largest absolute Gasteiger partial charge is 0.293 e. The van der Waals surface area contributed by atoms with Gasteiger partial charge in [0.1, 0.15) is 5.65 Å². The van der Waals surface area contributed by atoms with E-state index in [-0.39, 0.29) is 0 Å². The molecule has 0 amide bonds. The molecule has 76 valence electrons. The van der Waals surface area contributed by atoms with E-state index in [1.54, 1.807) is 0 Å². The molecule has 0 aromatic carbocycles. The zero-order valence-electron chi connectivity index (χ0n) is 8.90. The molecule has 3 aromatic rings. The van der Waals surface area contributed by atoms with E-state index in [0.29, 0.717) is 0 Å². The molecule has 0 aliphatic carbocycles. The Kier molecular flexibility index (Phi) is 1.88. The first kappa shape index (κ1) is 8.72. The summed E-state index contributed by atoms with van der Waals surface area (Å²) in [5.41, 5.74) is 4.86. The Bertz CT molecular complexity index is 575. The van der Waals surface area contributed by atoms with Gasteiger partial charge in [0, 0.05) is 5.52 Å². The van der Waals surface area contributed by atoms with Crippen LogP contribution >= 0.6 is 0 Å². The molecule has 15 heavy (non-hydrogen) atoms.